The quantitative estimate of drug-likeness (QED) is 0.643. The zero-order chi connectivity index (χ0) is 12.1. The Balaban J connectivity index is 2.26. The lowest BCUT2D eigenvalue weighted by atomic mass is 10.0. The minimum Gasteiger partial charge on any atom is -0.393 e. The van der Waals surface area contributed by atoms with E-state index in [9.17, 15) is 5.11 Å². The number of hydrogen-bond acceptors (Lipinski definition) is 3. The van der Waals surface area contributed by atoms with Gasteiger partial charge in [-0.15, -0.1) is 0 Å². The molecule has 0 radical (unpaired) electrons. The fourth-order valence-electron chi connectivity index (χ4n) is 1.63. The first kappa shape index (κ1) is 13.2. The number of nitrogens with one attached hydrogen (secondary N) is 2. The average molecular weight is 225 g/mol. The summed E-state index contributed by atoms with van der Waals surface area (Å²) in [6.45, 7) is 9.76. The highest BCUT2D eigenvalue weighted by atomic mass is 16.3. The Labute approximate surface area is 97.5 Å². The van der Waals surface area contributed by atoms with Gasteiger partial charge in [0.15, 0.2) is 0 Å². The summed E-state index contributed by atoms with van der Waals surface area (Å²) in [7, 11) is 0. The maximum atomic E-state index is 9.63. The van der Waals surface area contributed by atoms with Crippen LogP contribution in [0.4, 0.5) is 0 Å². The van der Waals surface area contributed by atoms with Crippen LogP contribution in [0.2, 0.25) is 0 Å². The molecule has 1 aromatic rings. The van der Waals surface area contributed by atoms with E-state index in [1.807, 2.05) is 27.7 Å². The molecule has 0 aliphatic rings. The van der Waals surface area contributed by atoms with Crippen LogP contribution in [-0.4, -0.2) is 28.0 Å². The average Bonchev–Trinajstić information content (AvgIpc) is 2.54. The number of aromatic nitrogens is 2. The SMILES string of the molecule is Cc1n[nH]c(C)c1CNCCC(O)C(C)C. The van der Waals surface area contributed by atoms with Gasteiger partial charge in [-0.1, -0.05) is 13.8 Å². The van der Waals surface area contributed by atoms with Crippen molar-refractivity contribution in [2.75, 3.05) is 6.54 Å². The van der Waals surface area contributed by atoms with Crippen LogP contribution in [0.3, 0.4) is 0 Å². The summed E-state index contributed by atoms with van der Waals surface area (Å²) in [5.41, 5.74) is 3.41. The Hall–Kier alpha value is -0.870. The molecule has 92 valence electrons. The molecule has 0 saturated heterocycles. The summed E-state index contributed by atoms with van der Waals surface area (Å²) in [6.07, 6.45) is 0.590. The summed E-state index contributed by atoms with van der Waals surface area (Å²) in [6, 6.07) is 0. The molecule has 0 fully saturated rings. The number of rotatable bonds is 6. The Bertz CT molecular complexity index is 301. The van der Waals surface area contributed by atoms with E-state index in [-0.39, 0.29) is 6.10 Å². The van der Waals surface area contributed by atoms with E-state index >= 15 is 0 Å². The van der Waals surface area contributed by atoms with Gasteiger partial charge in [0.05, 0.1) is 11.8 Å². The molecule has 1 atom stereocenters. The Morgan fingerprint density at radius 1 is 1.38 bits per heavy atom. The molecule has 1 heterocycles. The first-order valence-corrected chi connectivity index (χ1v) is 5.91. The molecule has 0 amide bonds. The van der Waals surface area contributed by atoms with E-state index in [4.69, 9.17) is 0 Å². The predicted octanol–water partition coefficient (Wildman–Crippen LogP) is 1.52. The Kier molecular flexibility index (Phi) is 4.96. The van der Waals surface area contributed by atoms with Crippen LogP contribution < -0.4 is 5.32 Å². The van der Waals surface area contributed by atoms with Crippen LogP contribution in [0.25, 0.3) is 0 Å². The van der Waals surface area contributed by atoms with Gasteiger partial charge in [-0.2, -0.15) is 5.10 Å². The second-order valence-corrected chi connectivity index (χ2v) is 4.69. The maximum absolute atomic E-state index is 9.63. The highest BCUT2D eigenvalue weighted by Gasteiger charge is 2.09. The molecule has 4 nitrogen and oxygen atoms in total. The highest BCUT2D eigenvalue weighted by molar-refractivity contribution is 5.22. The number of nitrogens with zero attached hydrogens (tertiary/aromatic N) is 1. The van der Waals surface area contributed by atoms with E-state index in [0.29, 0.717) is 5.92 Å². The molecule has 0 bridgehead atoms. The van der Waals surface area contributed by atoms with Crippen LogP contribution >= 0.6 is 0 Å². The molecular weight excluding hydrogens is 202 g/mol. The van der Waals surface area contributed by atoms with Crippen LogP contribution in [0.15, 0.2) is 0 Å². The summed E-state index contributed by atoms with van der Waals surface area (Å²) in [5.74, 6) is 0.333. The van der Waals surface area contributed by atoms with Crippen LogP contribution in [-0.2, 0) is 6.54 Å². The van der Waals surface area contributed by atoms with Crippen molar-refractivity contribution in [1.82, 2.24) is 15.5 Å². The van der Waals surface area contributed by atoms with Crippen molar-refractivity contribution in [3.05, 3.63) is 17.0 Å². The van der Waals surface area contributed by atoms with Crippen molar-refractivity contribution in [3.8, 4) is 0 Å². The molecule has 1 aromatic heterocycles. The fraction of sp³-hybridized carbons (Fsp3) is 0.750. The van der Waals surface area contributed by atoms with Crippen molar-refractivity contribution in [2.45, 2.75) is 46.8 Å². The van der Waals surface area contributed by atoms with E-state index in [1.54, 1.807) is 0 Å². The fourth-order valence-corrected chi connectivity index (χ4v) is 1.63. The van der Waals surface area contributed by atoms with Gasteiger partial charge in [0.2, 0.25) is 0 Å². The molecule has 1 rings (SSSR count). The maximum Gasteiger partial charge on any atom is 0.0638 e. The molecule has 0 aliphatic heterocycles. The van der Waals surface area contributed by atoms with Gasteiger partial charge < -0.3 is 10.4 Å². The molecule has 0 spiro atoms. The van der Waals surface area contributed by atoms with Crippen LogP contribution in [0.1, 0.15) is 37.2 Å². The third kappa shape index (κ3) is 3.61. The largest absolute Gasteiger partial charge is 0.393 e. The minimum absolute atomic E-state index is 0.209. The van der Waals surface area contributed by atoms with E-state index < -0.39 is 0 Å². The third-order valence-electron chi connectivity index (χ3n) is 2.97. The molecule has 0 aliphatic carbocycles. The molecule has 16 heavy (non-hydrogen) atoms. The third-order valence-corrected chi connectivity index (χ3v) is 2.97. The number of aryl methyl sites for hydroxylation is 2. The number of aliphatic hydroxyl groups excluding tert-OH is 1. The number of H-pyrrole nitrogens is 1. The lowest BCUT2D eigenvalue weighted by molar-refractivity contribution is 0.116. The second-order valence-electron chi connectivity index (χ2n) is 4.69. The molecule has 3 N–H and O–H groups in total. The lowest BCUT2D eigenvalue weighted by Gasteiger charge is -2.14. The number of aromatic amines is 1. The highest BCUT2D eigenvalue weighted by Crippen LogP contribution is 2.09. The van der Waals surface area contributed by atoms with E-state index in [2.05, 4.69) is 15.5 Å². The number of hydrogen-bond donors (Lipinski definition) is 3. The van der Waals surface area contributed by atoms with Gasteiger partial charge in [-0.3, -0.25) is 5.10 Å². The molecular formula is C12H23N3O. The van der Waals surface area contributed by atoms with Crippen molar-refractivity contribution >= 4 is 0 Å². The summed E-state index contributed by atoms with van der Waals surface area (Å²) in [5, 5.41) is 20.1. The number of aliphatic hydroxyl groups is 1. The molecule has 0 saturated carbocycles. The zero-order valence-corrected chi connectivity index (χ0v) is 10.7. The van der Waals surface area contributed by atoms with Crippen LogP contribution in [0, 0.1) is 19.8 Å². The van der Waals surface area contributed by atoms with Crippen molar-refractivity contribution in [2.24, 2.45) is 5.92 Å². The van der Waals surface area contributed by atoms with Gasteiger partial charge in [0, 0.05) is 17.8 Å². The van der Waals surface area contributed by atoms with Gasteiger partial charge >= 0.3 is 0 Å². The van der Waals surface area contributed by atoms with Gasteiger partial charge in [0.25, 0.3) is 0 Å². The second kappa shape index (κ2) is 6.01. The first-order valence-electron chi connectivity index (χ1n) is 5.91. The van der Waals surface area contributed by atoms with E-state index in [1.165, 1.54) is 5.56 Å². The van der Waals surface area contributed by atoms with Crippen molar-refractivity contribution in [1.29, 1.82) is 0 Å². The normalized spacial score (nSPS) is 13.4. The van der Waals surface area contributed by atoms with Gasteiger partial charge in [0.1, 0.15) is 0 Å². The summed E-state index contributed by atoms with van der Waals surface area (Å²) in [4.78, 5) is 0. The topological polar surface area (TPSA) is 60.9 Å². The molecule has 4 heteroatoms. The standard InChI is InChI=1S/C12H23N3O/c1-8(2)12(16)5-6-13-7-11-9(3)14-15-10(11)4/h8,12-13,16H,5-7H2,1-4H3,(H,14,15). The monoisotopic (exact) mass is 225 g/mol. The zero-order valence-electron chi connectivity index (χ0n) is 10.7. The summed E-state index contributed by atoms with van der Waals surface area (Å²) >= 11 is 0. The minimum atomic E-state index is -0.209. The Morgan fingerprint density at radius 3 is 2.56 bits per heavy atom. The summed E-state index contributed by atoms with van der Waals surface area (Å²) < 4.78 is 0. The predicted molar refractivity (Wildman–Crippen MR) is 65.2 cm³/mol. The lowest BCUT2D eigenvalue weighted by Crippen LogP contribution is -2.23. The van der Waals surface area contributed by atoms with Crippen molar-refractivity contribution < 1.29 is 5.11 Å². The molecule has 1 unspecified atom stereocenters. The first-order chi connectivity index (χ1) is 7.52. The smallest absolute Gasteiger partial charge is 0.0638 e. The van der Waals surface area contributed by atoms with Gasteiger partial charge in [-0.05, 0) is 32.7 Å². The van der Waals surface area contributed by atoms with Crippen LogP contribution in [0.5, 0.6) is 0 Å². The molecule has 0 aromatic carbocycles. The Morgan fingerprint density at radius 2 is 2.06 bits per heavy atom. The van der Waals surface area contributed by atoms with Gasteiger partial charge in [-0.25, -0.2) is 0 Å². The van der Waals surface area contributed by atoms with Crippen molar-refractivity contribution in [3.63, 3.8) is 0 Å². The van der Waals surface area contributed by atoms with E-state index in [0.717, 1.165) is 30.9 Å².